The van der Waals surface area contributed by atoms with Crippen molar-refractivity contribution in [3.8, 4) is 0 Å². The number of piperidine rings is 1. The maximum Gasteiger partial charge on any atom is 0.224 e. The minimum Gasteiger partial charge on any atom is -0.355 e. The van der Waals surface area contributed by atoms with Gasteiger partial charge < -0.3 is 10.6 Å². The standard InChI is InChI=1S/C18H26N2O.ClH/c21-18(20-13-15-4-3-9-19-12-15)11-14-7-8-16-5-1-2-6-17(16)10-14;/h7-8,10,15,19H,1-6,9,11-13H2,(H,20,21);1H. The number of amides is 1. The van der Waals surface area contributed by atoms with Crippen molar-refractivity contribution in [2.75, 3.05) is 19.6 Å². The van der Waals surface area contributed by atoms with E-state index in [2.05, 4.69) is 28.8 Å². The molecule has 22 heavy (non-hydrogen) atoms. The van der Waals surface area contributed by atoms with Crippen molar-refractivity contribution < 1.29 is 4.79 Å². The van der Waals surface area contributed by atoms with E-state index in [1.165, 1.54) is 49.7 Å². The van der Waals surface area contributed by atoms with Crippen molar-refractivity contribution in [2.45, 2.75) is 44.9 Å². The van der Waals surface area contributed by atoms with E-state index in [1.807, 2.05) is 0 Å². The van der Waals surface area contributed by atoms with Gasteiger partial charge in [0, 0.05) is 6.54 Å². The summed E-state index contributed by atoms with van der Waals surface area (Å²) in [5, 5.41) is 6.49. The molecule has 2 aliphatic rings. The number of halogens is 1. The van der Waals surface area contributed by atoms with Gasteiger partial charge in [-0.1, -0.05) is 18.2 Å². The molecule has 1 aromatic rings. The van der Waals surface area contributed by atoms with E-state index in [0.29, 0.717) is 12.3 Å². The average molecular weight is 323 g/mol. The second kappa shape index (κ2) is 8.54. The summed E-state index contributed by atoms with van der Waals surface area (Å²) in [5.41, 5.74) is 4.11. The van der Waals surface area contributed by atoms with Crippen molar-refractivity contribution in [1.82, 2.24) is 10.6 Å². The highest BCUT2D eigenvalue weighted by Gasteiger charge is 2.15. The van der Waals surface area contributed by atoms with Crippen molar-refractivity contribution >= 4 is 18.3 Å². The van der Waals surface area contributed by atoms with E-state index in [4.69, 9.17) is 0 Å². The first-order valence-corrected chi connectivity index (χ1v) is 8.39. The Bertz CT molecular complexity index is 498. The number of rotatable bonds is 4. The SMILES string of the molecule is Cl.O=C(Cc1ccc2c(c1)CCCC2)NCC1CCCNC1. The third-order valence-electron chi connectivity index (χ3n) is 4.76. The predicted molar refractivity (Wildman–Crippen MR) is 92.6 cm³/mol. The van der Waals surface area contributed by atoms with Crippen molar-refractivity contribution in [1.29, 1.82) is 0 Å². The minimum absolute atomic E-state index is 0. The number of benzene rings is 1. The zero-order chi connectivity index (χ0) is 14.5. The van der Waals surface area contributed by atoms with Crippen LogP contribution in [0.3, 0.4) is 0 Å². The monoisotopic (exact) mass is 322 g/mol. The smallest absolute Gasteiger partial charge is 0.224 e. The zero-order valence-corrected chi connectivity index (χ0v) is 14.0. The molecule has 0 bridgehead atoms. The number of aryl methyl sites for hydroxylation is 2. The van der Waals surface area contributed by atoms with Gasteiger partial charge in [-0.15, -0.1) is 12.4 Å². The molecule has 1 aliphatic heterocycles. The highest BCUT2D eigenvalue weighted by molar-refractivity contribution is 5.85. The summed E-state index contributed by atoms with van der Waals surface area (Å²) in [5.74, 6) is 0.766. The molecular weight excluding hydrogens is 296 g/mol. The van der Waals surface area contributed by atoms with Gasteiger partial charge in [-0.25, -0.2) is 0 Å². The third kappa shape index (κ3) is 4.72. The van der Waals surface area contributed by atoms with Crippen LogP contribution in [0, 0.1) is 5.92 Å². The molecule has 0 radical (unpaired) electrons. The summed E-state index contributed by atoms with van der Waals surface area (Å²) < 4.78 is 0. The van der Waals surface area contributed by atoms with Gasteiger partial charge in [0.1, 0.15) is 0 Å². The number of carbonyl (C=O) groups is 1. The molecule has 122 valence electrons. The maximum atomic E-state index is 12.1. The summed E-state index contributed by atoms with van der Waals surface area (Å²) in [4.78, 5) is 12.1. The number of hydrogen-bond acceptors (Lipinski definition) is 2. The van der Waals surface area contributed by atoms with E-state index in [9.17, 15) is 4.79 Å². The van der Waals surface area contributed by atoms with Crippen molar-refractivity contribution in [2.24, 2.45) is 5.92 Å². The molecule has 1 atom stereocenters. The fraction of sp³-hybridized carbons (Fsp3) is 0.611. The Morgan fingerprint density at radius 1 is 1.18 bits per heavy atom. The lowest BCUT2D eigenvalue weighted by Crippen LogP contribution is -2.38. The molecule has 1 aromatic carbocycles. The van der Waals surface area contributed by atoms with Crippen LogP contribution in [0.15, 0.2) is 18.2 Å². The molecule has 1 aliphatic carbocycles. The Balaban J connectivity index is 0.00000176. The van der Waals surface area contributed by atoms with Crippen LogP contribution in [0.25, 0.3) is 0 Å². The van der Waals surface area contributed by atoms with Crippen LogP contribution in [0.1, 0.15) is 42.4 Å². The van der Waals surface area contributed by atoms with Crippen LogP contribution >= 0.6 is 12.4 Å². The van der Waals surface area contributed by atoms with Crippen LogP contribution in [0.5, 0.6) is 0 Å². The molecule has 1 heterocycles. The molecule has 3 rings (SSSR count). The van der Waals surface area contributed by atoms with Crippen LogP contribution in [-0.4, -0.2) is 25.5 Å². The molecular formula is C18H27ClN2O. The van der Waals surface area contributed by atoms with Crippen LogP contribution in [-0.2, 0) is 24.1 Å². The lowest BCUT2D eigenvalue weighted by atomic mass is 9.90. The predicted octanol–water partition coefficient (Wildman–Crippen LogP) is 2.65. The molecule has 0 saturated carbocycles. The fourth-order valence-corrected chi connectivity index (χ4v) is 3.50. The Hall–Kier alpha value is -1.06. The number of fused-ring (bicyclic) bond motifs is 1. The Morgan fingerprint density at radius 2 is 2.00 bits per heavy atom. The third-order valence-corrected chi connectivity index (χ3v) is 4.76. The first-order valence-electron chi connectivity index (χ1n) is 8.39. The highest BCUT2D eigenvalue weighted by Crippen LogP contribution is 2.22. The van der Waals surface area contributed by atoms with E-state index < -0.39 is 0 Å². The quantitative estimate of drug-likeness (QED) is 0.894. The largest absolute Gasteiger partial charge is 0.355 e. The summed E-state index contributed by atoms with van der Waals surface area (Å²) in [6.45, 7) is 2.98. The second-order valence-electron chi connectivity index (χ2n) is 6.50. The van der Waals surface area contributed by atoms with E-state index in [0.717, 1.165) is 25.2 Å². The summed E-state index contributed by atoms with van der Waals surface area (Å²) >= 11 is 0. The van der Waals surface area contributed by atoms with Gasteiger partial charge in [-0.3, -0.25) is 4.79 Å². The molecule has 1 fully saturated rings. The van der Waals surface area contributed by atoms with Gasteiger partial charge in [0.25, 0.3) is 0 Å². The van der Waals surface area contributed by atoms with E-state index in [1.54, 1.807) is 0 Å². The molecule has 4 heteroatoms. The molecule has 1 unspecified atom stereocenters. The first kappa shape index (κ1) is 17.3. The Labute approximate surface area is 139 Å². The lowest BCUT2D eigenvalue weighted by Gasteiger charge is -2.23. The van der Waals surface area contributed by atoms with Crippen molar-refractivity contribution in [3.63, 3.8) is 0 Å². The molecule has 0 spiro atoms. The summed E-state index contributed by atoms with van der Waals surface area (Å²) in [7, 11) is 0. The lowest BCUT2D eigenvalue weighted by molar-refractivity contribution is -0.120. The number of nitrogens with one attached hydrogen (secondary N) is 2. The minimum atomic E-state index is 0. The van der Waals surface area contributed by atoms with Gasteiger partial charge >= 0.3 is 0 Å². The number of hydrogen-bond donors (Lipinski definition) is 2. The van der Waals surface area contributed by atoms with Gasteiger partial charge in [0.05, 0.1) is 6.42 Å². The Kier molecular flexibility index (Phi) is 6.71. The zero-order valence-electron chi connectivity index (χ0n) is 13.2. The van der Waals surface area contributed by atoms with E-state index in [-0.39, 0.29) is 18.3 Å². The second-order valence-corrected chi connectivity index (χ2v) is 6.50. The topological polar surface area (TPSA) is 41.1 Å². The summed E-state index contributed by atoms with van der Waals surface area (Å²) in [6, 6.07) is 6.60. The normalized spacial score (nSPS) is 20.6. The Morgan fingerprint density at radius 3 is 2.77 bits per heavy atom. The molecule has 0 aromatic heterocycles. The van der Waals surface area contributed by atoms with Crippen LogP contribution in [0.4, 0.5) is 0 Å². The van der Waals surface area contributed by atoms with Crippen LogP contribution in [0.2, 0.25) is 0 Å². The number of carbonyl (C=O) groups excluding carboxylic acids is 1. The molecule has 2 N–H and O–H groups in total. The first-order chi connectivity index (χ1) is 10.3. The molecule has 1 amide bonds. The van der Waals surface area contributed by atoms with Gasteiger partial charge in [0.15, 0.2) is 0 Å². The maximum absolute atomic E-state index is 12.1. The molecule has 3 nitrogen and oxygen atoms in total. The fourth-order valence-electron chi connectivity index (χ4n) is 3.50. The van der Waals surface area contributed by atoms with Gasteiger partial charge in [-0.05, 0) is 74.2 Å². The van der Waals surface area contributed by atoms with E-state index >= 15 is 0 Å². The molecule has 1 saturated heterocycles. The summed E-state index contributed by atoms with van der Waals surface area (Å²) in [6.07, 6.45) is 7.96. The van der Waals surface area contributed by atoms with Crippen molar-refractivity contribution in [3.05, 3.63) is 34.9 Å². The van der Waals surface area contributed by atoms with Gasteiger partial charge in [-0.2, -0.15) is 0 Å². The average Bonchev–Trinajstić information content (AvgIpc) is 2.54. The highest BCUT2D eigenvalue weighted by atomic mass is 35.5. The van der Waals surface area contributed by atoms with Gasteiger partial charge in [0.2, 0.25) is 5.91 Å². The van der Waals surface area contributed by atoms with Crippen LogP contribution < -0.4 is 10.6 Å².